The summed E-state index contributed by atoms with van der Waals surface area (Å²) >= 11 is 0. The number of anilines is 2. The molecule has 0 spiro atoms. The van der Waals surface area contributed by atoms with E-state index in [2.05, 4.69) is 34.4 Å². The van der Waals surface area contributed by atoms with Crippen LogP contribution in [0.25, 0.3) is 0 Å². The van der Waals surface area contributed by atoms with Gasteiger partial charge in [0.1, 0.15) is 5.82 Å². The van der Waals surface area contributed by atoms with Gasteiger partial charge in [0.05, 0.1) is 0 Å². The van der Waals surface area contributed by atoms with Crippen molar-refractivity contribution in [2.24, 2.45) is 23.2 Å². The second-order valence-corrected chi connectivity index (χ2v) is 8.54. The predicted molar refractivity (Wildman–Crippen MR) is 98.3 cm³/mol. The molecule has 1 saturated heterocycles. The molecule has 5 rings (SSSR count). The molecule has 4 atom stereocenters. The molecule has 4 aliphatic rings. The van der Waals surface area contributed by atoms with E-state index in [1.165, 1.54) is 25.7 Å². The number of fused-ring (bicyclic) bond motifs is 2. The minimum absolute atomic E-state index is 0.547. The van der Waals surface area contributed by atoms with Crippen molar-refractivity contribution in [1.82, 2.24) is 15.3 Å². The van der Waals surface area contributed by atoms with Crippen molar-refractivity contribution in [1.29, 1.82) is 0 Å². The molecule has 5 nitrogen and oxygen atoms in total. The van der Waals surface area contributed by atoms with Gasteiger partial charge < -0.3 is 15.5 Å². The minimum Gasteiger partial charge on any atom is -0.355 e. The fourth-order valence-electron chi connectivity index (χ4n) is 5.24. The van der Waals surface area contributed by atoms with Gasteiger partial charge >= 0.3 is 0 Å². The van der Waals surface area contributed by atoms with Crippen molar-refractivity contribution in [2.45, 2.75) is 45.6 Å². The van der Waals surface area contributed by atoms with Crippen molar-refractivity contribution >= 4 is 11.8 Å². The van der Waals surface area contributed by atoms with E-state index in [1.807, 2.05) is 19.3 Å². The van der Waals surface area contributed by atoms with Crippen LogP contribution in [0.1, 0.15) is 39.5 Å². The van der Waals surface area contributed by atoms with Crippen LogP contribution in [0, 0.1) is 23.2 Å². The topological polar surface area (TPSA) is 53.1 Å². The zero-order chi connectivity index (χ0) is 16.7. The first-order valence-corrected chi connectivity index (χ1v) is 9.57. The summed E-state index contributed by atoms with van der Waals surface area (Å²) in [5, 5.41) is 6.89. The Labute approximate surface area is 145 Å². The maximum Gasteiger partial charge on any atom is 0.224 e. The monoisotopic (exact) mass is 329 g/mol. The predicted octanol–water partition coefficient (Wildman–Crippen LogP) is 2.76. The Morgan fingerprint density at radius 1 is 1.29 bits per heavy atom. The summed E-state index contributed by atoms with van der Waals surface area (Å²) in [5.41, 5.74) is 0.547. The fraction of sp³-hybridized carbons (Fsp3) is 0.789. The van der Waals surface area contributed by atoms with E-state index in [-0.39, 0.29) is 0 Å². The Hall–Kier alpha value is -1.36. The van der Waals surface area contributed by atoms with Gasteiger partial charge in [-0.3, -0.25) is 0 Å². The van der Waals surface area contributed by atoms with Gasteiger partial charge in [-0.1, -0.05) is 13.8 Å². The second kappa shape index (κ2) is 6.17. The van der Waals surface area contributed by atoms with E-state index in [0.717, 1.165) is 49.2 Å². The molecule has 0 radical (unpaired) electrons. The summed E-state index contributed by atoms with van der Waals surface area (Å²) in [4.78, 5) is 11.6. The average Bonchev–Trinajstić information content (AvgIpc) is 3.09. The van der Waals surface area contributed by atoms with Gasteiger partial charge in [-0.05, 0) is 62.0 Å². The smallest absolute Gasteiger partial charge is 0.224 e. The maximum absolute atomic E-state index is 4.76. The van der Waals surface area contributed by atoms with Crippen molar-refractivity contribution in [2.75, 3.05) is 36.9 Å². The van der Waals surface area contributed by atoms with Crippen LogP contribution in [0.4, 0.5) is 11.8 Å². The van der Waals surface area contributed by atoms with Crippen LogP contribution in [-0.2, 0) is 0 Å². The van der Waals surface area contributed by atoms with Gasteiger partial charge in [-0.15, -0.1) is 0 Å². The van der Waals surface area contributed by atoms with Crippen LogP contribution in [-0.4, -0.2) is 42.7 Å². The number of aromatic nitrogens is 2. The standard InChI is InChI=1S/C19H31N5/c1-19(2)14-5-4-13(16(19)10-14)11-22-18-21-8-6-17(23-18)24-9-7-15(12-24)20-3/h6,8,13-16,20H,4-5,7,9-12H2,1-3H3,(H,21,22,23)/t13-,14+,15-,16+/m1/s1. The third-order valence-corrected chi connectivity index (χ3v) is 7.09. The van der Waals surface area contributed by atoms with Crippen LogP contribution in [0.15, 0.2) is 12.3 Å². The molecule has 0 amide bonds. The van der Waals surface area contributed by atoms with Crippen molar-refractivity contribution in [3.8, 4) is 0 Å². The first-order valence-electron chi connectivity index (χ1n) is 9.57. The molecule has 4 fully saturated rings. The van der Waals surface area contributed by atoms with E-state index in [0.29, 0.717) is 11.5 Å². The molecule has 2 heterocycles. The summed E-state index contributed by atoms with van der Waals surface area (Å²) < 4.78 is 0. The summed E-state index contributed by atoms with van der Waals surface area (Å²) in [6.45, 7) is 8.04. The number of likely N-dealkylation sites (N-methyl/N-ethyl adjacent to an activating group) is 1. The highest BCUT2D eigenvalue weighted by Gasteiger charge is 2.53. The Morgan fingerprint density at radius 3 is 2.88 bits per heavy atom. The Bertz CT molecular complexity index is 585. The normalized spacial score (nSPS) is 34.0. The van der Waals surface area contributed by atoms with E-state index >= 15 is 0 Å². The number of rotatable bonds is 5. The van der Waals surface area contributed by atoms with Crippen LogP contribution in [0.2, 0.25) is 0 Å². The molecule has 3 aliphatic carbocycles. The first-order chi connectivity index (χ1) is 11.6. The number of hydrogen-bond acceptors (Lipinski definition) is 5. The van der Waals surface area contributed by atoms with Crippen LogP contribution in [0.5, 0.6) is 0 Å². The molecule has 3 saturated carbocycles. The molecule has 2 N–H and O–H groups in total. The molecule has 2 bridgehead atoms. The van der Waals surface area contributed by atoms with Crippen LogP contribution < -0.4 is 15.5 Å². The molecular formula is C19H31N5. The molecule has 24 heavy (non-hydrogen) atoms. The average molecular weight is 329 g/mol. The largest absolute Gasteiger partial charge is 0.355 e. The van der Waals surface area contributed by atoms with Gasteiger partial charge in [0.2, 0.25) is 5.95 Å². The second-order valence-electron chi connectivity index (χ2n) is 8.54. The lowest BCUT2D eigenvalue weighted by atomic mass is 9.45. The summed E-state index contributed by atoms with van der Waals surface area (Å²) in [5.74, 6) is 4.46. The molecule has 132 valence electrons. The highest BCUT2D eigenvalue weighted by molar-refractivity contribution is 5.43. The number of hydrogen-bond donors (Lipinski definition) is 2. The summed E-state index contributed by atoms with van der Waals surface area (Å²) in [6, 6.07) is 2.61. The van der Waals surface area contributed by atoms with Gasteiger partial charge in [0.25, 0.3) is 0 Å². The van der Waals surface area contributed by atoms with E-state index < -0.39 is 0 Å². The quantitative estimate of drug-likeness (QED) is 0.870. The molecule has 0 unspecified atom stereocenters. The Balaban J connectivity index is 1.36. The lowest BCUT2D eigenvalue weighted by Gasteiger charge is -2.60. The summed E-state index contributed by atoms with van der Waals surface area (Å²) in [7, 11) is 2.04. The zero-order valence-electron chi connectivity index (χ0n) is 15.3. The van der Waals surface area contributed by atoms with Gasteiger partial charge in [0, 0.05) is 31.9 Å². The third kappa shape index (κ3) is 2.77. The van der Waals surface area contributed by atoms with E-state index in [1.54, 1.807) is 0 Å². The van der Waals surface area contributed by atoms with Crippen molar-refractivity contribution in [3.05, 3.63) is 12.3 Å². The lowest BCUT2D eigenvalue weighted by Crippen LogP contribution is -2.53. The SMILES string of the molecule is CN[C@@H]1CCN(c2ccnc(NC[C@H]3CC[C@H]4C[C@@H]3C4(C)C)n2)C1. The number of nitrogens with zero attached hydrogens (tertiary/aromatic N) is 3. The van der Waals surface area contributed by atoms with Crippen LogP contribution in [0.3, 0.4) is 0 Å². The molecule has 1 aromatic heterocycles. The van der Waals surface area contributed by atoms with Gasteiger partial charge in [-0.25, -0.2) is 4.98 Å². The molecule has 1 aliphatic heterocycles. The minimum atomic E-state index is 0.547. The molecule has 1 aromatic rings. The molecular weight excluding hydrogens is 298 g/mol. The third-order valence-electron chi connectivity index (χ3n) is 7.09. The number of nitrogens with one attached hydrogen (secondary N) is 2. The lowest BCUT2D eigenvalue weighted by molar-refractivity contribution is -0.100. The highest BCUT2D eigenvalue weighted by atomic mass is 15.3. The molecule has 5 heteroatoms. The first kappa shape index (κ1) is 16.1. The zero-order valence-corrected chi connectivity index (χ0v) is 15.3. The van der Waals surface area contributed by atoms with E-state index in [4.69, 9.17) is 4.98 Å². The molecule has 0 aromatic carbocycles. The van der Waals surface area contributed by atoms with Gasteiger partial charge in [-0.2, -0.15) is 4.98 Å². The van der Waals surface area contributed by atoms with Crippen LogP contribution >= 0.6 is 0 Å². The Morgan fingerprint density at radius 2 is 2.17 bits per heavy atom. The van der Waals surface area contributed by atoms with Crippen molar-refractivity contribution in [3.63, 3.8) is 0 Å². The summed E-state index contributed by atoms with van der Waals surface area (Å²) in [6.07, 6.45) is 7.27. The Kier molecular flexibility index (Phi) is 4.15. The van der Waals surface area contributed by atoms with Gasteiger partial charge in [0.15, 0.2) is 0 Å². The maximum atomic E-state index is 4.76. The fourth-order valence-corrected chi connectivity index (χ4v) is 5.24. The highest BCUT2D eigenvalue weighted by Crippen LogP contribution is 2.61. The van der Waals surface area contributed by atoms with Crippen molar-refractivity contribution < 1.29 is 0 Å². The van der Waals surface area contributed by atoms with E-state index in [9.17, 15) is 0 Å².